The number of benzene rings is 2. The number of methoxy groups -OCH3 is 1. The molecule has 2 aromatic carbocycles. The van der Waals surface area contributed by atoms with Crippen LogP contribution in [0.3, 0.4) is 0 Å². The molecule has 0 fully saturated rings. The lowest BCUT2D eigenvalue weighted by Gasteiger charge is -2.26. The molecule has 6 nitrogen and oxygen atoms in total. The van der Waals surface area contributed by atoms with Gasteiger partial charge in [0, 0.05) is 11.6 Å². The molecule has 0 radical (unpaired) electrons. The van der Waals surface area contributed by atoms with Gasteiger partial charge in [-0.25, -0.2) is 8.42 Å². The lowest BCUT2D eigenvalue weighted by molar-refractivity contribution is -0.119. The molecule has 0 atom stereocenters. The van der Waals surface area contributed by atoms with Crippen molar-refractivity contribution >= 4 is 33.2 Å². The largest absolute Gasteiger partial charge is 0.495 e. The number of carbonyl (C=O) groups is 1. The van der Waals surface area contributed by atoms with Gasteiger partial charge in [0.15, 0.2) is 0 Å². The van der Waals surface area contributed by atoms with Gasteiger partial charge in [0.05, 0.1) is 17.7 Å². The Kier molecular flexibility index (Phi) is 7.39. The van der Waals surface area contributed by atoms with Crippen LogP contribution in [0.25, 0.3) is 0 Å². The van der Waals surface area contributed by atoms with Crippen LogP contribution in [0.5, 0.6) is 5.75 Å². The molecule has 1 amide bonds. The predicted molar refractivity (Wildman–Crippen MR) is 119 cm³/mol. The topological polar surface area (TPSA) is 75.7 Å². The number of hydrogen-bond acceptors (Lipinski definition) is 4. The number of ether oxygens (including phenoxy) is 1. The van der Waals surface area contributed by atoms with Crippen LogP contribution in [0, 0.1) is 0 Å². The van der Waals surface area contributed by atoms with E-state index in [-0.39, 0.29) is 17.1 Å². The van der Waals surface area contributed by atoms with E-state index < -0.39 is 15.9 Å². The molecule has 1 aliphatic rings. The quantitative estimate of drug-likeness (QED) is 0.615. The molecule has 0 bridgehead atoms. The summed E-state index contributed by atoms with van der Waals surface area (Å²) in [4.78, 5) is 12.8. The SMILES string of the molecule is COc1ccc(Cl)cc1N(CC(=O)NCC1=CCCCC1)S(=O)(=O)c1ccccc1. The number of anilines is 1. The van der Waals surface area contributed by atoms with Gasteiger partial charge in [-0.15, -0.1) is 0 Å². The summed E-state index contributed by atoms with van der Waals surface area (Å²) in [7, 11) is -2.58. The highest BCUT2D eigenvalue weighted by Gasteiger charge is 2.29. The van der Waals surface area contributed by atoms with Crippen LogP contribution in [-0.2, 0) is 14.8 Å². The number of allylic oxidation sites excluding steroid dienone is 1. The monoisotopic (exact) mass is 448 g/mol. The minimum Gasteiger partial charge on any atom is -0.495 e. The zero-order valence-electron chi connectivity index (χ0n) is 16.8. The van der Waals surface area contributed by atoms with E-state index in [1.165, 1.54) is 30.9 Å². The summed E-state index contributed by atoms with van der Waals surface area (Å²) in [5.74, 6) is -0.0929. The second kappa shape index (κ2) is 10.00. The van der Waals surface area contributed by atoms with Crippen LogP contribution >= 0.6 is 11.6 Å². The summed E-state index contributed by atoms with van der Waals surface area (Å²) in [5.41, 5.74) is 1.38. The first-order valence-electron chi connectivity index (χ1n) is 9.78. The molecule has 0 aliphatic heterocycles. The zero-order valence-corrected chi connectivity index (χ0v) is 18.4. The van der Waals surface area contributed by atoms with E-state index in [1.807, 2.05) is 0 Å². The summed E-state index contributed by atoms with van der Waals surface area (Å²) in [6.07, 6.45) is 6.38. The highest BCUT2D eigenvalue weighted by molar-refractivity contribution is 7.92. The molecule has 3 rings (SSSR count). The Morgan fingerprint density at radius 1 is 1.17 bits per heavy atom. The van der Waals surface area contributed by atoms with Crippen LogP contribution in [0.15, 0.2) is 65.1 Å². The number of halogens is 1. The van der Waals surface area contributed by atoms with Crippen molar-refractivity contribution in [3.05, 3.63) is 65.2 Å². The molecular formula is C22H25ClN2O4S. The van der Waals surface area contributed by atoms with E-state index in [2.05, 4.69) is 11.4 Å². The van der Waals surface area contributed by atoms with Crippen LogP contribution in [0.2, 0.25) is 5.02 Å². The van der Waals surface area contributed by atoms with Gasteiger partial charge in [-0.1, -0.05) is 41.4 Å². The van der Waals surface area contributed by atoms with E-state index in [1.54, 1.807) is 30.3 Å². The Bertz CT molecular complexity index is 1020. The second-order valence-corrected chi connectivity index (χ2v) is 9.32. The Morgan fingerprint density at radius 2 is 1.93 bits per heavy atom. The molecule has 30 heavy (non-hydrogen) atoms. The number of carbonyl (C=O) groups excluding carboxylic acids is 1. The maximum Gasteiger partial charge on any atom is 0.264 e. The van der Waals surface area contributed by atoms with E-state index in [4.69, 9.17) is 16.3 Å². The molecule has 0 saturated carbocycles. The summed E-state index contributed by atoms with van der Waals surface area (Å²) in [5, 5.41) is 3.18. The van der Waals surface area contributed by atoms with Crippen molar-refractivity contribution in [3.63, 3.8) is 0 Å². The van der Waals surface area contributed by atoms with Crippen molar-refractivity contribution < 1.29 is 17.9 Å². The average Bonchev–Trinajstić information content (AvgIpc) is 2.77. The van der Waals surface area contributed by atoms with Crippen molar-refractivity contribution in [1.29, 1.82) is 0 Å². The fraction of sp³-hybridized carbons (Fsp3) is 0.318. The third kappa shape index (κ3) is 5.34. The number of nitrogens with zero attached hydrogens (tertiary/aromatic N) is 1. The Labute approximate surface area is 182 Å². The van der Waals surface area contributed by atoms with Crippen molar-refractivity contribution in [2.75, 3.05) is 24.5 Å². The summed E-state index contributed by atoms with van der Waals surface area (Å²) >= 11 is 6.13. The number of hydrogen-bond donors (Lipinski definition) is 1. The Morgan fingerprint density at radius 3 is 2.60 bits per heavy atom. The molecule has 0 heterocycles. The average molecular weight is 449 g/mol. The van der Waals surface area contributed by atoms with Gasteiger partial charge in [-0.3, -0.25) is 9.10 Å². The smallest absolute Gasteiger partial charge is 0.264 e. The highest BCUT2D eigenvalue weighted by Crippen LogP contribution is 2.34. The predicted octanol–water partition coefficient (Wildman–Crippen LogP) is 4.16. The van der Waals surface area contributed by atoms with Crippen molar-refractivity contribution in [1.82, 2.24) is 5.32 Å². The molecule has 1 aliphatic carbocycles. The minimum absolute atomic E-state index is 0.0785. The lowest BCUT2D eigenvalue weighted by Crippen LogP contribution is -2.41. The third-order valence-electron chi connectivity index (χ3n) is 4.93. The van der Waals surface area contributed by atoms with E-state index in [0.717, 1.165) is 30.0 Å². The van der Waals surface area contributed by atoms with E-state index in [9.17, 15) is 13.2 Å². The number of sulfonamides is 1. The van der Waals surface area contributed by atoms with Crippen molar-refractivity contribution in [3.8, 4) is 5.75 Å². The van der Waals surface area contributed by atoms with Gasteiger partial charge in [0.25, 0.3) is 10.0 Å². The van der Waals surface area contributed by atoms with Crippen molar-refractivity contribution in [2.24, 2.45) is 0 Å². The standard InChI is InChI=1S/C22H25ClN2O4S/c1-29-21-13-12-18(23)14-20(21)25(30(27,28)19-10-6-3-7-11-19)16-22(26)24-15-17-8-4-2-5-9-17/h3,6-8,10-14H,2,4-5,9,15-16H2,1H3,(H,24,26). The molecule has 2 aromatic rings. The second-order valence-electron chi connectivity index (χ2n) is 7.03. The maximum atomic E-state index is 13.4. The van der Waals surface area contributed by atoms with Gasteiger partial charge >= 0.3 is 0 Å². The molecule has 0 aromatic heterocycles. The minimum atomic E-state index is -4.02. The zero-order chi connectivity index (χ0) is 21.6. The number of nitrogens with one attached hydrogen (secondary N) is 1. The third-order valence-corrected chi connectivity index (χ3v) is 6.93. The summed E-state index contributed by atoms with van der Waals surface area (Å²) < 4.78 is 33.2. The van der Waals surface area contributed by atoms with Crippen LogP contribution < -0.4 is 14.4 Å². The van der Waals surface area contributed by atoms with Crippen molar-refractivity contribution in [2.45, 2.75) is 30.6 Å². The molecule has 0 unspecified atom stereocenters. The molecule has 0 saturated heterocycles. The van der Waals surface area contributed by atoms with E-state index >= 15 is 0 Å². The Hall–Kier alpha value is -2.51. The Balaban J connectivity index is 1.91. The van der Waals surface area contributed by atoms with Crippen LogP contribution in [-0.4, -0.2) is 34.5 Å². The molecular weight excluding hydrogens is 424 g/mol. The molecule has 160 valence electrons. The number of rotatable bonds is 8. The fourth-order valence-electron chi connectivity index (χ4n) is 3.34. The van der Waals surface area contributed by atoms with E-state index in [0.29, 0.717) is 17.3 Å². The van der Waals surface area contributed by atoms with Gasteiger partial charge in [-0.05, 0) is 56.0 Å². The van der Waals surface area contributed by atoms with Crippen LogP contribution in [0.4, 0.5) is 5.69 Å². The van der Waals surface area contributed by atoms with Gasteiger partial charge in [0.1, 0.15) is 12.3 Å². The summed E-state index contributed by atoms with van der Waals surface area (Å²) in [6, 6.07) is 12.6. The van der Waals surface area contributed by atoms with Gasteiger partial charge in [-0.2, -0.15) is 0 Å². The first-order chi connectivity index (χ1) is 14.4. The highest BCUT2D eigenvalue weighted by atomic mass is 35.5. The maximum absolute atomic E-state index is 13.4. The van der Waals surface area contributed by atoms with Crippen LogP contribution in [0.1, 0.15) is 25.7 Å². The van der Waals surface area contributed by atoms with Gasteiger partial charge < -0.3 is 10.1 Å². The molecule has 0 spiro atoms. The first kappa shape index (κ1) is 22.2. The lowest BCUT2D eigenvalue weighted by atomic mass is 10.00. The number of amides is 1. The molecule has 8 heteroatoms. The fourth-order valence-corrected chi connectivity index (χ4v) is 4.95. The molecule has 1 N–H and O–H groups in total. The summed E-state index contributed by atoms with van der Waals surface area (Å²) in [6.45, 7) is 0.0337. The first-order valence-corrected chi connectivity index (χ1v) is 11.6. The van der Waals surface area contributed by atoms with Gasteiger partial charge in [0.2, 0.25) is 5.91 Å². The normalized spacial score (nSPS) is 14.0.